The van der Waals surface area contributed by atoms with Crippen LogP contribution in [-0.4, -0.2) is 49.2 Å². The zero-order valence-corrected chi connectivity index (χ0v) is 29.3. The zero-order valence-electron chi connectivity index (χ0n) is 29.3. The molecule has 49 heavy (non-hydrogen) atoms. The molecule has 3 aromatic carbocycles. The van der Waals surface area contributed by atoms with Gasteiger partial charge in [-0.1, -0.05) is 24.6 Å². The van der Waals surface area contributed by atoms with E-state index in [-0.39, 0.29) is 29.3 Å². The number of hydrogen-bond acceptors (Lipinski definition) is 8. The summed E-state index contributed by atoms with van der Waals surface area (Å²) in [5.41, 5.74) is 5.55. The van der Waals surface area contributed by atoms with Crippen LogP contribution in [-0.2, 0) is 22.6 Å². The van der Waals surface area contributed by atoms with Gasteiger partial charge in [0.15, 0.2) is 11.5 Å². The van der Waals surface area contributed by atoms with E-state index in [1.807, 2.05) is 30.3 Å². The van der Waals surface area contributed by atoms with E-state index in [1.54, 1.807) is 33.5 Å². The molecule has 2 amide bonds. The van der Waals surface area contributed by atoms with E-state index in [2.05, 4.69) is 40.4 Å². The maximum Gasteiger partial charge on any atom is 0.220 e. The third-order valence-electron chi connectivity index (χ3n) is 8.94. The number of unbranched alkanes of at least 4 members (excludes halogenated alkanes) is 2. The van der Waals surface area contributed by atoms with E-state index < -0.39 is 0 Å². The number of methoxy groups -OCH3 is 3. The van der Waals surface area contributed by atoms with E-state index >= 15 is 0 Å². The number of nitrogens with zero attached hydrogens (tertiary/aromatic N) is 2. The fourth-order valence-corrected chi connectivity index (χ4v) is 6.73. The summed E-state index contributed by atoms with van der Waals surface area (Å²) in [5.74, 6) is 2.19. The number of imidazole rings is 1. The SMILES string of the molecule is COc1cc2c(c(OC)c1OC)-c1ccc(NCCCCCC(=O)NCc3nc4ccccc4n3C(C)C)c(=O)cc1[C@H](NC(C)=O)CC2. The monoisotopic (exact) mass is 669 g/mol. The summed E-state index contributed by atoms with van der Waals surface area (Å²) in [6.07, 6.45) is 3.99. The van der Waals surface area contributed by atoms with Gasteiger partial charge in [-0.15, -0.1) is 0 Å². The van der Waals surface area contributed by atoms with Crippen molar-refractivity contribution in [1.82, 2.24) is 20.2 Å². The molecule has 0 radical (unpaired) electrons. The number of hydrogen-bond donors (Lipinski definition) is 3. The van der Waals surface area contributed by atoms with Crippen LogP contribution >= 0.6 is 0 Å². The molecule has 0 saturated carbocycles. The molecule has 0 bridgehead atoms. The Kier molecular flexibility index (Phi) is 11.4. The highest BCUT2D eigenvalue weighted by Crippen LogP contribution is 2.50. The minimum Gasteiger partial charge on any atom is -0.493 e. The standard InChI is InChI=1S/C38H47N5O6/c1-23(2)43-31-13-10-9-12-29(31)42-34(43)22-40-35(46)14-8-7-11-19-39-30-18-16-26-27(21-32(30)45)28(41-24(3)44)17-15-25-20-33(47-4)37(48-5)38(49-6)36(25)26/h9-10,12-13,16,18,20-21,23,28H,7-8,11,14-15,17,19,22H2,1-6H3,(H,39,45)(H,40,46)(H,41,44)/t28-/m1/s1. The number of carbonyl (C=O) groups excluding carboxylic acids is 2. The fraction of sp³-hybridized carbons (Fsp3) is 0.421. The van der Waals surface area contributed by atoms with Gasteiger partial charge in [0.25, 0.3) is 0 Å². The summed E-state index contributed by atoms with van der Waals surface area (Å²) in [6.45, 7) is 6.66. The Labute approximate surface area is 287 Å². The number of carbonyl (C=O) groups is 2. The molecule has 5 rings (SSSR count). The van der Waals surface area contributed by atoms with Gasteiger partial charge in [0.05, 0.1) is 50.6 Å². The molecule has 1 aliphatic carbocycles. The van der Waals surface area contributed by atoms with E-state index in [1.165, 1.54) is 6.92 Å². The van der Waals surface area contributed by atoms with Crippen molar-refractivity contribution in [2.24, 2.45) is 0 Å². The molecule has 0 fully saturated rings. The Morgan fingerprint density at radius 2 is 1.76 bits per heavy atom. The molecule has 0 saturated heterocycles. The normalized spacial score (nSPS) is 13.7. The van der Waals surface area contributed by atoms with Crippen LogP contribution < -0.4 is 35.6 Å². The molecule has 0 unspecified atom stereocenters. The average Bonchev–Trinajstić information content (AvgIpc) is 3.31. The molecule has 1 aliphatic rings. The second kappa shape index (κ2) is 15.9. The number of benzene rings is 2. The largest absolute Gasteiger partial charge is 0.493 e. The number of amides is 2. The van der Waals surface area contributed by atoms with Crippen LogP contribution in [0.1, 0.15) is 81.9 Å². The van der Waals surface area contributed by atoms with Crippen LogP contribution in [0.4, 0.5) is 5.69 Å². The van der Waals surface area contributed by atoms with E-state index in [4.69, 9.17) is 19.2 Å². The number of rotatable bonds is 14. The summed E-state index contributed by atoms with van der Waals surface area (Å²) in [4.78, 5) is 43.1. The Morgan fingerprint density at radius 1 is 0.980 bits per heavy atom. The third-order valence-corrected chi connectivity index (χ3v) is 8.94. The molecule has 260 valence electrons. The number of fused-ring (bicyclic) bond motifs is 4. The number of aromatic nitrogens is 2. The van der Waals surface area contributed by atoms with Crippen LogP contribution in [0, 0.1) is 0 Å². The number of anilines is 1. The second-order valence-corrected chi connectivity index (χ2v) is 12.6. The molecule has 4 aromatic rings. The van der Waals surface area contributed by atoms with Crippen molar-refractivity contribution < 1.29 is 23.8 Å². The molecular formula is C38H47N5O6. The van der Waals surface area contributed by atoms with Crippen LogP contribution in [0.25, 0.3) is 22.2 Å². The lowest BCUT2D eigenvalue weighted by Crippen LogP contribution is -2.26. The van der Waals surface area contributed by atoms with Crippen molar-refractivity contribution in [2.45, 2.75) is 77.9 Å². The van der Waals surface area contributed by atoms with Gasteiger partial charge in [-0.3, -0.25) is 14.4 Å². The molecule has 1 atom stereocenters. The predicted octanol–water partition coefficient (Wildman–Crippen LogP) is 6.08. The first-order valence-corrected chi connectivity index (χ1v) is 16.9. The van der Waals surface area contributed by atoms with Gasteiger partial charge in [0.2, 0.25) is 23.0 Å². The summed E-state index contributed by atoms with van der Waals surface area (Å²) >= 11 is 0. The van der Waals surface area contributed by atoms with Gasteiger partial charge in [0, 0.05) is 31.5 Å². The molecule has 11 heteroatoms. The lowest BCUT2D eigenvalue weighted by atomic mass is 9.95. The first kappa shape index (κ1) is 35.3. The van der Waals surface area contributed by atoms with Crippen LogP contribution in [0.15, 0.2) is 53.3 Å². The first-order chi connectivity index (χ1) is 23.7. The van der Waals surface area contributed by atoms with Gasteiger partial charge >= 0.3 is 0 Å². The summed E-state index contributed by atoms with van der Waals surface area (Å²) in [7, 11) is 4.72. The van der Waals surface area contributed by atoms with Crippen LogP contribution in [0.5, 0.6) is 17.2 Å². The van der Waals surface area contributed by atoms with Crippen molar-refractivity contribution >= 4 is 28.5 Å². The minimum atomic E-state index is -0.370. The van der Waals surface area contributed by atoms with Crippen molar-refractivity contribution in [3.8, 4) is 28.4 Å². The van der Waals surface area contributed by atoms with Crippen molar-refractivity contribution in [3.05, 3.63) is 75.7 Å². The van der Waals surface area contributed by atoms with E-state index in [0.29, 0.717) is 60.9 Å². The van der Waals surface area contributed by atoms with E-state index in [9.17, 15) is 14.4 Å². The van der Waals surface area contributed by atoms with Crippen molar-refractivity contribution in [3.63, 3.8) is 0 Å². The number of ether oxygens (including phenoxy) is 3. The van der Waals surface area contributed by atoms with Crippen LogP contribution in [0.3, 0.4) is 0 Å². The Hall–Kier alpha value is -5.06. The fourth-order valence-electron chi connectivity index (χ4n) is 6.73. The maximum atomic E-state index is 13.5. The number of nitrogens with one attached hydrogen (secondary N) is 3. The van der Waals surface area contributed by atoms with Crippen molar-refractivity contribution in [1.29, 1.82) is 0 Å². The molecular weight excluding hydrogens is 622 g/mol. The summed E-state index contributed by atoms with van der Waals surface area (Å²) < 4.78 is 19.3. The molecule has 0 spiro atoms. The average molecular weight is 670 g/mol. The molecule has 3 N–H and O–H groups in total. The van der Waals surface area contributed by atoms with Gasteiger partial charge in [0.1, 0.15) is 5.82 Å². The molecule has 1 heterocycles. The smallest absolute Gasteiger partial charge is 0.220 e. The van der Waals surface area contributed by atoms with E-state index in [0.717, 1.165) is 52.8 Å². The number of aryl methyl sites for hydroxylation is 1. The maximum absolute atomic E-state index is 13.5. The minimum absolute atomic E-state index is 0.00701. The van der Waals surface area contributed by atoms with Crippen molar-refractivity contribution in [2.75, 3.05) is 33.2 Å². The lowest BCUT2D eigenvalue weighted by molar-refractivity contribution is -0.121. The summed E-state index contributed by atoms with van der Waals surface area (Å²) in [6, 6.07) is 15.1. The quantitative estimate of drug-likeness (QED) is 0.138. The zero-order chi connectivity index (χ0) is 35.1. The predicted molar refractivity (Wildman–Crippen MR) is 192 cm³/mol. The number of para-hydroxylation sites is 2. The second-order valence-electron chi connectivity index (χ2n) is 12.6. The molecule has 11 nitrogen and oxygen atoms in total. The molecule has 0 aliphatic heterocycles. The topological polar surface area (TPSA) is 133 Å². The van der Waals surface area contributed by atoms with Gasteiger partial charge in [-0.25, -0.2) is 4.98 Å². The highest BCUT2D eigenvalue weighted by molar-refractivity contribution is 5.84. The van der Waals surface area contributed by atoms with Gasteiger partial charge in [-0.2, -0.15) is 0 Å². The van der Waals surface area contributed by atoms with Crippen LogP contribution in [0.2, 0.25) is 0 Å². The Bertz CT molecular complexity index is 1890. The lowest BCUT2D eigenvalue weighted by Gasteiger charge is -2.19. The molecule has 1 aromatic heterocycles. The van der Waals surface area contributed by atoms with Gasteiger partial charge in [-0.05, 0) is 86.6 Å². The first-order valence-electron chi connectivity index (χ1n) is 16.9. The Balaban J connectivity index is 1.24. The third kappa shape index (κ3) is 7.82. The highest BCUT2D eigenvalue weighted by Gasteiger charge is 2.29. The van der Waals surface area contributed by atoms with Gasteiger partial charge < -0.3 is 34.7 Å². The highest BCUT2D eigenvalue weighted by atomic mass is 16.5. The summed E-state index contributed by atoms with van der Waals surface area (Å²) in [5, 5.41) is 9.36. The Morgan fingerprint density at radius 3 is 2.47 bits per heavy atom.